The van der Waals surface area contributed by atoms with Crippen molar-refractivity contribution in [3.8, 4) is 11.4 Å². The van der Waals surface area contributed by atoms with Crippen LogP contribution in [0.25, 0.3) is 22.2 Å². The van der Waals surface area contributed by atoms with Gasteiger partial charge < -0.3 is 26.0 Å². The molecule has 4 rings (SSSR count). The fourth-order valence-corrected chi connectivity index (χ4v) is 4.65. The monoisotopic (exact) mass is 461 g/mol. The molecule has 3 aromatic rings. The minimum atomic E-state index is -0.690. The molecule has 1 unspecified atom stereocenters. The number of hydrogen-bond donors (Lipinski definition) is 4. The number of hydrogen-bond acceptors (Lipinski definition) is 9. The summed E-state index contributed by atoms with van der Waals surface area (Å²) in [7, 11) is 0. The zero-order chi connectivity index (χ0) is 21.8. The molecule has 0 saturated heterocycles. The molecular formula is C21H24ClN5O3S. The highest BCUT2D eigenvalue weighted by atomic mass is 35.5. The Morgan fingerprint density at radius 3 is 2.87 bits per heavy atom. The van der Waals surface area contributed by atoms with Gasteiger partial charge in [0.1, 0.15) is 0 Å². The van der Waals surface area contributed by atoms with Gasteiger partial charge in [0.2, 0.25) is 5.95 Å². The number of rotatable bonds is 9. The number of thioether (sulfide) groups is 1. The SMILES string of the molecule is Nc1nc(SCCNCCC(O)CO)nc(-c2c(Cl)cc3c4c(cccc24)COC3)n1. The van der Waals surface area contributed by atoms with E-state index in [2.05, 4.69) is 26.3 Å². The molecule has 2 heterocycles. The number of ether oxygens (including phenoxy) is 1. The second-order valence-corrected chi connectivity index (χ2v) is 8.72. The van der Waals surface area contributed by atoms with Crippen molar-refractivity contribution in [3.63, 3.8) is 0 Å². The van der Waals surface area contributed by atoms with Gasteiger partial charge in [-0.05, 0) is 40.9 Å². The van der Waals surface area contributed by atoms with Crippen molar-refractivity contribution in [1.82, 2.24) is 20.3 Å². The number of nitrogens with two attached hydrogens (primary N) is 1. The molecule has 2 aromatic carbocycles. The summed E-state index contributed by atoms with van der Waals surface area (Å²) in [6, 6.07) is 7.97. The van der Waals surface area contributed by atoms with Crippen LogP contribution in [0.3, 0.4) is 0 Å². The lowest BCUT2D eigenvalue weighted by molar-refractivity contribution is 0.0885. The molecule has 0 radical (unpaired) electrons. The molecular weight excluding hydrogens is 438 g/mol. The van der Waals surface area contributed by atoms with Crippen LogP contribution in [-0.4, -0.2) is 56.7 Å². The Kier molecular flexibility index (Phi) is 7.21. The van der Waals surface area contributed by atoms with Gasteiger partial charge in [-0.15, -0.1) is 0 Å². The number of nitrogens with zero attached hydrogens (tertiary/aromatic N) is 3. The molecule has 8 nitrogen and oxygen atoms in total. The highest BCUT2D eigenvalue weighted by molar-refractivity contribution is 7.99. The van der Waals surface area contributed by atoms with Gasteiger partial charge in [0.15, 0.2) is 11.0 Å². The third kappa shape index (κ3) is 5.08. The van der Waals surface area contributed by atoms with E-state index in [4.69, 9.17) is 27.2 Å². The highest BCUT2D eigenvalue weighted by Crippen LogP contribution is 2.39. The highest BCUT2D eigenvalue weighted by Gasteiger charge is 2.21. The lowest BCUT2D eigenvalue weighted by Gasteiger charge is -2.20. The zero-order valence-electron chi connectivity index (χ0n) is 16.8. The smallest absolute Gasteiger partial charge is 0.224 e. The Hall–Kier alpha value is -2.01. The van der Waals surface area contributed by atoms with E-state index in [1.165, 1.54) is 11.8 Å². The maximum absolute atomic E-state index is 9.36. The van der Waals surface area contributed by atoms with Crippen LogP contribution in [0.4, 0.5) is 5.95 Å². The van der Waals surface area contributed by atoms with Gasteiger partial charge in [0.25, 0.3) is 0 Å². The lowest BCUT2D eigenvalue weighted by Crippen LogP contribution is -2.24. The quantitative estimate of drug-likeness (QED) is 0.280. The van der Waals surface area contributed by atoms with Gasteiger partial charge in [-0.2, -0.15) is 9.97 Å². The minimum Gasteiger partial charge on any atom is -0.394 e. The summed E-state index contributed by atoms with van der Waals surface area (Å²) in [5, 5.41) is 24.6. The van der Waals surface area contributed by atoms with E-state index in [0.29, 0.717) is 54.5 Å². The average molecular weight is 462 g/mol. The number of aliphatic hydroxyl groups is 2. The molecule has 0 amide bonds. The molecule has 5 N–H and O–H groups in total. The Morgan fingerprint density at radius 1 is 1.19 bits per heavy atom. The molecule has 1 aromatic heterocycles. The number of halogens is 1. The molecule has 0 spiro atoms. The lowest BCUT2D eigenvalue weighted by atomic mass is 9.94. The molecule has 0 fully saturated rings. The largest absolute Gasteiger partial charge is 0.394 e. The first-order chi connectivity index (χ1) is 15.1. The maximum Gasteiger partial charge on any atom is 0.224 e. The van der Waals surface area contributed by atoms with Gasteiger partial charge in [0, 0.05) is 17.9 Å². The van der Waals surface area contributed by atoms with Crippen molar-refractivity contribution in [3.05, 3.63) is 40.4 Å². The number of anilines is 1. The Bertz CT molecular complexity index is 1080. The molecule has 164 valence electrons. The van der Waals surface area contributed by atoms with E-state index in [9.17, 15) is 5.11 Å². The topological polar surface area (TPSA) is 126 Å². The summed E-state index contributed by atoms with van der Waals surface area (Å²) in [4.78, 5) is 13.2. The van der Waals surface area contributed by atoms with Gasteiger partial charge in [-0.3, -0.25) is 0 Å². The van der Waals surface area contributed by atoms with E-state index in [1.807, 2.05) is 18.2 Å². The van der Waals surface area contributed by atoms with Crippen LogP contribution in [0.1, 0.15) is 17.5 Å². The van der Waals surface area contributed by atoms with Crippen molar-refractivity contribution < 1.29 is 14.9 Å². The maximum atomic E-state index is 9.36. The van der Waals surface area contributed by atoms with Crippen LogP contribution in [0.2, 0.25) is 5.02 Å². The van der Waals surface area contributed by atoms with Crippen molar-refractivity contribution >= 4 is 40.1 Å². The normalized spacial score (nSPS) is 14.2. The summed E-state index contributed by atoms with van der Waals surface area (Å²) in [5.41, 5.74) is 8.90. The summed E-state index contributed by atoms with van der Waals surface area (Å²) in [6.45, 7) is 2.18. The van der Waals surface area contributed by atoms with E-state index in [0.717, 1.165) is 27.5 Å². The molecule has 0 bridgehead atoms. The number of nitrogen functional groups attached to an aromatic ring is 1. The minimum absolute atomic E-state index is 0.145. The van der Waals surface area contributed by atoms with Crippen LogP contribution >= 0.6 is 23.4 Å². The summed E-state index contributed by atoms with van der Waals surface area (Å²) < 4.78 is 5.66. The van der Waals surface area contributed by atoms with Crippen LogP contribution in [0, 0.1) is 0 Å². The standard InChI is InChI=1S/C21H24ClN5O3S/c22-16-8-13-11-30-10-12-2-1-3-15(17(12)13)18(16)19-25-20(23)27-21(26-19)31-7-6-24-5-4-14(29)9-28/h1-3,8,14,24,28-29H,4-7,9-11H2,(H2,23,25,26,27). The van der Waals surface area contributed by atoms with Gasteiger partial charge in [-0.25, -0.2) is 4.98 Å². The fourth-order valence-electron chi connectivity index (χ4n) is 3.59. The van der Waals surface area contributed by atoms with Crippen molar-refractivity contribution in [2.24, 2.45) is 0 Å². The summed E-state index contributed by atoms with van der Waals surface area (Å²) in [6.07, 6.45) is -0.192. The van der Waals surface area contributed by atoms with E-state index >= 15 is 0 Å². The first kappa shape index (κ1) is 22.2. The molecule has 1 aliphatic rings. The predicted octanol–water partition coefficient (Wildman–Crippen LogP) is 2.38. The van der Waals surface area contributed by atoms with Crippen LogP contribution < -0.4 is 11.1 Å². The van der Waals surface area contributed by atoms with Crippen LogP contribution in [0.15, 0.2) is 29.4 Å². The molecule has 0 saturated carbocycles. The Balaban J connectivity index is 1.55. The fraction of sp³-hybridized carbons (Fsp3) is 0.381. The third-order valence-electron chi connectivity index (χ3n) is 5.03. The first-order valence-electron chi connectivity index (χ1n) is 10.0. The van der Waals surface area contributed by atoms with E-state index < -0.39 is 6.10 Å². The number of nitrogens with one attached hydrogen (secondary N) is 1. The number of aromatic nitrogens is 3. The molecule has 31 heavy (non-hydrogen) atoms. The number of benzene rings is 2. The van der Waals surface area contributed by atoms with Crippen LogP contribution in [0.5, 0.6) is 0 Å². The van der Waals surface area contributed by atoms with E-state index in [1.54, 1.807) is 0 Å². The Labute approximate surface area is 189 Å². The van der Waals surface area contributed by atoms with Gasteiger partial charge in [0.05, 0.1) is 30.9 Å². The van der Waals surface area contributed by atoms with Crippen molar-refractivity contribution in [2.75, 3.05) is 31.2 Å². The average Bonchev–Trinajstić information content (AvgIpc) is 2.76. The molecule has 1 aliphatic heterocycles. The first-order valence-corrected chi connectivity index (χ1v) is 11.4. The van der Waals surface area contributed by atoms with Crippen molar-refractivity contribution in [2.45, 2.75) is 30.9 Å². The van der Waals surface area contributed by atoms with Crippen LogP contribution in [-0.2, 0) is 18.0 Å². The predicted molar refractivity (Wildman–Crippen MR) is 122 cm³/mol. The molecule has 0 aliphatic carbocycles. The third-order valence-corrected chi connectivity index (χ3v) is 6.17. The second kappa shape index (κ2) is 10.1. The second-order valence-electron chi connectivity index (χ2n) is 7.25. The molecule has 10 heteroatoms. The Morgan fingerprint density at radius 2 is 2.03 bits per heavy atom. The summed E-state index contributed by atoms with van der Waals surface area (Å²) >= 11 is 8.11. The summed E-state index contributed by atoms with van der Waals surface area (Å²) in [5.74, 6) is 1.31. The molecule has 1 atom stereocenters. The number of aliphatic hydroxyl groups excluding tert-OH is 2. The van der Waals surface area contributed by atoms with Gasteiger partial charge in [-0.1, -0.05) is 41.6 Å². The van der Waals surface area contributed by atoms with Gasteiger partial charge >= 0.3 is 0 Å². The zero-order valence-corrected chi connectivity index (χ0v) is 18.4. The van der Waals surface area contributed by atoms with Crippen molar-refractivity contribution in [1.29, 1.82) is 0 Å². The van der Waals surface area contributed by atoms with E-state index in [-0.39, 0.29) is 12.6 Å².